The maximum absolute atomic E-state index is 9.28. The standard InChI is InChI=1S/C14H20O2/c1-2-5-11(10-15)8-13-9-12-6-3-4-7-14(12)16-13/h3-4,6-7,11,13,15H,2,5,8-10H2,1H3. The first-order valence-corrected chi connectivity index (χ1v) is 6.19. The van der Waals surface area contributed by atoms with Gasteiger partial charge in [-0.05, 0) is 30.4 Å². The van der Waals surface area contributed by atoms with Crippen molar-refractivity contribution >= 4 is 0 Å². The fourth-order valence-electron chi connectivity index (χ4n) is 2.45. The lowest BCUT2D eigenvalue weighted by atomic mass is 9.95. The molecule has 2 rings (SSSR count). The van der Waals surface area contributed by atoms with E-state index < -0.39 is 0 Å². The van der Waals surface area contributed by atoms with Crippen molar-refractivity contribution in [3.05, 3.63) is 29.8 Å². The Morgan fingerprint density at radius 3 is 2.94 bits per heavy atom. The van der Waals surface area contributed by atoms with Crippen molar-refractivity contribution in [3.63, 3.8) is 0 Å². The van der Waals surface area contributed by atoms with E-state index in [-0.39, 0.29) is 12.7 Å². The number of fused-ring (bicyclic) bond motifs is 1. The normalized spacial score (nSPS) is 20.2. The van der Waals surface area contributed by atoms with Gasteiger partial charge in [0, 0.05) is 13.0 Å². The fraction of sp³-hybridized carbons (Fsp3) is 0.571. The van der Waals surface area contributed by atoms with Crippen LogP contribution in [0.2, 0.25) is 0 Å². The zero-order valence-corrected chi connectivity index (χ0v) is 9.86. The van der Waals surface area contributed by atoms with Gasteiger partial charge in [0.25, 0.3) is 0 Å². The van der Waals surface area contributed by atoms with Crippen molar-refractivity contribution in [3.8, 4) is 5.75 Å². The van der Waals surface area contributed by atoms with Gasteiger partial charge >= 0.3 is 0 Å². The maximum atomic E-state index is 9.28. The number of hydrogen-bond acceptors (Lipinski definition) is 2. The van der Waals surface area contributed by atoms with Crippen LogP contribution in [0.5, 0.6) is 5.75 Å². The Kier molecular flexibility index (Phi) is 3.83. The summed E-state index contributed by atoms with van der Waals surface area (Å²) >= 11 is 0. The van der Waals surface area contributed by atoms with E-state index in [1.54, 1.807) is 0 Å². The minimum atomic E-state index is 0.265. The van der Waals surface area contributed by atoms with E-state index in [1.807, 2.05) is 12.1 Å². The van der Waals surface area contributed by atoms with Crippen molar-refractivity contribution in [2.24, 2.45) is 5.92 Å². The molecule has 0 amide bonds. The van der Waals surface area contributed by atoms with Crippen LogP contribution in [0.25, 0.3) is 0 Å². The summed E-state index contributed by atoms with van der Waals surface area (Å²) in [5.74, 6) is 1.42. The molecule has 2 unspecified atom stereocenters. The van der Waals surface area contributed by atoms with Gasteiger partial charge in [-0.15, -0.1) is 0 Å². The predicted octanol–water partition coefficient (Wildman–Crippen LogP) is 2.79. The van der Waals surface area contributed by atoms with E-state index in [0.717, 1.165) is 31.4 Å². The summed E-state index contributed by atoms with van der Waals surface area (Å²) in [6, 6.07) is 8.23. The van der Waals surface area contributed by atoms with E-state index in [1.165, 1.54) is 5.56 Å². The second-order valence-electron chi connectivity index (χ2n) is 4.62. The number of rotatable bonds is 5. The highest BCUT2D eigenvalue weighted by Gasteiger charge is 2.24. The molecule has 0 spiro atoms. The topological polar surface area (TPSA) is 29.5 Å². The molecule has 16 heavy (non-hydrogen) atoms. The van der Waals surface area contributed by atoms with Gasteiger partial charge in [-0.3, -0.25) is 0 Å². The second-order valence-corrected chi connectivity index (χ2v) is 4.62. The molecule has 1 aliphatic heterocycles. The van der Waals surface area contributed by atoms with Gasteiger partial charge in [0.1, 0.15) is 11.9 Å². The van der Waals surface area contributed by atoms with Crippen LogP contribution < -0.4 is 4.74 Å². The average Bonchev–Trinajstić information content (AvgIpc) is 2.70. The molecule has 0 aliphatic carbocycles. The zero-order valence-electron chi connectivity index (χ0n) is 9.86. The van der Waals surface area contributed by atoms with E-state index in [9.17, 15) is 5.11 Å². The third-order valence-electron chi connectivity index (χ3n) is 3.27. The first-order chi connectivity index (χ1) is 7.83. The lowest BCUT2D eigenvalue weighted by Crippen LogP contribution is -2.20. The van der Waals surface area contributed by atoms with Crippen LogP contribution in [0.15, 0.2) is 24.3 Å². The van der Waals surface area contributed by atoms with Gasteiger partial charge in [-0.1, -0.05) is 31.5 Å². The Labute approximate surface area is 97.3 Å². The number of hydrogen-bond donors (Lipinski definition) is 1. The van der Waals surface area contributed by atoms with Crippen LogP contribution in [-0.4, -0.2) is 17.8 Å². The molecule has 1 aromatic carbocycles. The van der Waals surface area contributed by atoms with Gasteiger partial charge in [0.2, 0.25) is 0 Å². The molecular formula is C14H20O2. The van der Waals surface area contributed by atoms with Crippen molar-refractivity contribution < 1.29 is 9.84 Å². The van der Waals surface area contributed by atoms with Gasteiger partial charge in [0.15, 0.2) is 0 Å². The van der Waals surface area contributed by atoms with Crippen LogP contribution in [0.1, 0.15) is 31.7 Å². The molecule has 1 heterocycles. The van der Waals surface area contributed by atoms with Crippen molar-refractivity contribution in [2.45, 2.75) is 38.7 Å². The summed E-state index contributed by atoms with van der Waals surface area (Å²) in [5.41, 5.74) is 1.31. The van der Waals surface area contributed by atoms with Crippen LogP contribution >= 0.6 is 0 Å². The molecule has 88 valence electrons. The monoisotopic (exact) mass is 220 g/mol. The molecule has 0 radical (unpaired) electrons. The van der Waals surface area contributed by atoms with Gasteiger partial charge in [-0.25, -0.2) is 0 Å². The number of aliphatic hydroxyl groups is 1. The quantitative estimate of drug-likeness (QED) is 0.826. The molecule has 1 aliphatic rings. The summed E-state index contributed by atoms with van der Waals surface area (Å²) < 4.78 is 5.87. The van der Waals surface area contributed by atoms with Gasteiger partial charge < -0.3 is 9.84 Å². The summed E-state index contributed by atoms with van der Waals surface area (Å²) in [7, 11) is 0. The highest BCUT2D eigenvalue weighted by molar-refractivity contribution is 5.37. The Balaban J connectivity index is 1.91. The summed E-state index contributed by atoms with van der Waals surface area (Å²) in [6.07, 6.45) is 4.45. The average molecular weight is 220 g/mol. The molecular weight excluding hydrogens is 200 g/mol. The van der Waals surface area contributed by atoms with Gasteiger partial charge in [-0.2, -0.15) is 0 Å². The smallest absolute Gasteiger partial charge is 0.123 e. The van der Waals surface area contributed by atoms with Crippen LogP contribution in [0, 0.1) is 5.92 Å². The van der Waals surface area contributed by atoms with Gasteiger partial charge in [0.05, 0.1) is 0 Å². The summed E-state index contributed by atoms with van der Waals surface area (Å²) in [5, 5.41) is 9.28. The summed E-state index contributed by atoms with van der Waals surface area (Å²) in [4.78, 5) is 0. The molecule has 0 bridgehead atoms. The number of ether oxygens (including phenoxy) is 1. The predicted molar refractivity (Wildman–Crippen MR) is 64.7 cm³/mol. The number of benzene rings is 1. The van der Waals surface area contributed by atoms with Crippen molar-refractivity contribution in [1.82, 2.24) is 0 Å². The van der Waals surface area contributed by atoms with Crippen molar-refractivity contribution in [2.75, 3.05) is 6.61 Å². The third kappa shape index (κ3) is 2.56. The van der Waals surface area contributed by atoms with E-state index in [4.69, 9.17) is 4.74 Å². The van der Waals surface area contributed by atoms with Crippen LogP contribution in [0.4, 0.5) is 0 Å². The Hall–Kier alpha value is -1.02. The Morgan fingerprint density at radius 1 is 1.44 bits per heavy atom. The fourth-order valence-corrected chi connectivity index (χ4v) is 2.45. The molecule has 1 aromatic rings. The Bertz CT molecular complexity index is 310. The largest absolute Gasteiger partial charge is 0.490 e. The summed E-state index contributed by atoms with van der Waals surface area (Å²) in [6.45, 7) is 2.44. The number of aliphatic hydroxyl groups excluding tert-OH is 1. The van der Waals surface area contributed by atoms with E-state index in [2.05, 4.69) is 19.1 Å². The highest BCUT2D eigenvalue weighted by atomic mass is 16.5. The molecule has 2 nitrogen and oxygen atoms in total. The van der Waals surface area contributed by atoms with E-state index >= 15 is 0 Å². The minimum absolute atomic E-state index is 0.265. The molecule has 0 aromatic heterocycles. The minimum Gasteiger partial charge on any atom is -0.490 e. The number of para-hydroxylation sites is 1. The first-order valence-electron chi connectivity index (χ1n) is 6.19. The molecule has 0 saturated carbocycles. The lowest BCUT2D eigenvalue weighted by molar-refractivity contribution is 0.144. The zero-order chi connectivity index (χ0) is 11.4. The highest BCUT2D eigenvalue weighted by Crippen LogP contribution is 2.31. The Morgan fingerprint density at radius 2 is 2.25 bits per heavy atom. The molecule has 0 saturated heterocycles. The van der Waals surface area contributed by atoms with Crippen molar-refractivity contribution in [1.29, 1.82) is 0 Å². The SMILES string of the molecule is CCCC(CO)CC1Cc2ccccc2O1. The molecule has 2 heteroatoms. The second kappa shape index (κ2) is 5.35. The lowest BCUT2D eigenvalue weighted by Gasteiger charge is -2.17. The van der Waals surface area contributed by atoms with E-state index in [0.29, 0.717) is 5.92 Å². The first kappa shape index (κ1) is 11.5. The third-order valence-corrected chi connectivity index (χ3v) is 3.27. The molecule has 2 atom stereocenters. The molecule has 0 fully saturated rings. The van der Waals surface area contributed by atoms with Crippen LogP contribution in [-0.2, 0) is 6.42 Å². The maximum Gasteiger partial charge on any atom is 0.123 e. The molecule has 1 N–H and O–H groups in total. The van der Waals surface area contributed by atoms with Crippen LogP contribution in [0.3, 0.4) is 0 Å².